The van der Waals surface area contributed by atoms with Crippen molar-refractivity contribution < 1.29 is 0 Å². The summed E-state index contributed by atoms with van der Waals surface area (Å²) in [6, 6.07) is 0. The maximum atomic E-state index is 4.31. The number of hydrogen-bond donors (Lipinski definition) is 0. The van der Waals surface area contributed by atoms with Crippen molar-refractivity contribution in [1.29, 1.82) is 0 Å². The molecule has 0 saturated carbocycles. The van der Waals surface area contributed by atoms with E-state index in [0.717, 1.165) is 5.70 Å². The third kappa shape index (κ3) is 6.02. The lowest BCUT2D eigenvalue weighted by atomic mass is 10.1. The molecule has 0 rings (SSSR count). The number of rotatable bonds is 4. The second kappa shape index (κ2) is 7.47. The molecule has 0 spiro atoms. The largest absolute Gasteiger partial charge is 0.296 e. The molecule has 0 atom stereocenters. The van der Waals surface area contributed by atoms with Gasteiger partial charge in [-0.05, 0) is 25.0 Å². The highest BCUT2D eigenvalue weighted by Gasteiger charge is 1.97. The van der Waals surface area contributed by atoms with Crippen LogP contribution in [0.25, 0.3) is 0 Å². The molecule has 0 amide bonds. The molecule has 0 aliphatic rings. The molecule has 0 aliphatic carbocycles. The van der Waals surface area contributed by atoms with E-state index in [1.807, 2.05) is 25.2 Å². The number of hydrogen-bond acceptors (Lipinski definition) is 2. The van der Waals surface area contributed by atoms with Gasteiger partial charge in [0.25, 0.3) is 0 Å². The van der Waals surface area contributed by atoms with E-state index >= 15 is 0 Å². The highest BCUT2D eigenvalue weighted by Crippen LogP contribution is 2.09. The molecule has 0 aromatic carbocycles. The molecule has 0 aliphatic heterocycles. The predicted octanol–water partition coefficient (Wildman–Crippen LogP) is 2.87. The second-order valence-electron chi connectivity index (χ2n) is 2.96. The lowest BCUT2D eigenvalue weighted by Gasteiger charge is -2.02. The van der Waals surface area contributed by atoms with Gasteiger partial charge in [0.05, 0.1) is 0 Å². The zero-order valence-electron chi connectivity index (χ0n) is 8.86. The van der Waals surface area contributed by atoms with Crippen LogP contribution in [-0.4, -0.2) is 19.5 Å². The molecule has 2 nitrogen and oxygen atoms in total. The van der Waals surface area contributed by atoms with Gasteiger partial charge < -0.3 is 0 Å². The number of aliphatic imine (C=N–C) groups is 2. The zero-order valence-corrected chi connectivity index (χ0v) is 8.86. The van der Waals surface area contributed by atoms with Crippen molar-refractivity contribution in [2.75, 3.05) is 7.05 Å². The Morgan fingerprint density at radius 1 is 1.23 bits per heavy atom. The van der Waals surface area contributed by atoms with Crippen LogP contribution in [0.2, 0.25) is 0 Å². The Labute approximate surface area is 80.8 Å². The summed E-state index contributed by atoms with van der Waals surface area (Å²) in [7, 11) is 1.75. The molecule has 0 aromatic rings. The maximum Gasteiger partial charge on any atom is 0.0444 e. The fraction of sp³-hybridized carbons (Fsp3) is 0.455. The van der Waals surface area contributed by atoms with Crippen molar-refractivity contribution in [3.8, 4) is 0 Å². The Morgan fingerprint density at radius 2 is 1.92 bits per heavy atom. The Morgan fingerprint density at radius 3 is 2.38 bits per heavy atom. The second-order valence-corrected chi connectivity index (χ2v) is 2.96. The lowest BCUT2D eigenvalue weighted by molar-refractivity contribution is 0.761. The van der Waals surface area contributed by atoms with Crippen molar-refractivity contribution in [1.82, 2.24) is 0 Å². The summed E-state index contributed by atoms with van der Waals surface area (Å²) in [6.07, 6.45) is 9.37. The minimum atomic E-state index is 0.430. The van der Waals surface area contributed by atoms with Crippen LogP contribution in [-0.2, 0) is 0 Å². The minimum absolute atomic E-state index is 0.430. The van der Waals surface area contributed by atoms with E-state index in [0.29, 0.717) is 5.92 Å². The van der Waals surface area contributed by atoms with Gasteiger partial charge in [-0.2, -0.15) is 0 Å². The van der Waals surface area contributed by atoms with Crippen molar-refractivity contribution in [3.05, 3.63) is 23.9 Å². The first-order valence-corrected chi connectivity index (χ1v) is 4.50. The van der Waals surface area contributed by atoms with Crippen LogP contribution in [0, 0.1) is 5.92 Å². The lowest BCUT2D eigenvalue weighted by Crippen LogP contribution is -1.91. The average Bonchev–Trinajstić information content (AvgIpc) is 2.10. The van der Waals surface area contributed by atoms with Gasteiger partial charge in [0.2, 0.25) is 0 Å². The van der Waals surface area contributed by atoms with Gasteiger partial charge in [0.1, 0.15) is 0 Å². The molecule has 0 heterocycles. The monoisotopic (exact) mass is 178 g/mol. The molecule has 0 fully saturated rings. The Bertz CT molecular complexity index is 232. The van der Waals surface area contributed by atoms with E-state index in [2.05, 4.69) is 23.8 Å². The zero-order chi connectivity index (χ0) is 10.1. The summed E-state index contributed by atoms with van der Waals surface area (Å²) >= 11 is 0. The minimum Gasteiger partial charge on any atom is -0.296 e. The Kier molecular flexibility index (Phi) is 6.79. The summed E-state index contributed by atoms with van der Waals surface area (Å²) in [6.45, 7) is 6.20. The Balaban J connectivity index is 4.43. The standard InChI is InChI=1S/C11H18N2/c1-5-6-8-13-11(10(2)3)7-9-12-4/h5-10H,1-4H3/b6-5+,11-7-,12-9?,13-8+. The summed E-state index contributed by atoms with van der Waals surface area (Å²) in [5.41, 5.74) is 1.05. The summed E-state index contributed by atoms with van der Waals surface area (Å²) in [4.78, 5) is 8.20. The molecule has 2 heteroatoms. The van der Waals surface area contributed by atoms with E-state index in [9.17, 15) is 0 Å². The van der Waals surface area contributed by atoms with Crippen molar-refractivity contribution >= 4 is 12.4 Å². The van der Waals surface area contributed by atoms with Crippen molar-refractivity contribution in [2.24, 2.45) is 15.9 Å². The van der Waals surface area contributed by atoms with Gasteiger partial charge in [-0.3, -0.25) is 9.98 Å². The van der Waals surface area contributed by atoms with Gasteiger partial charge in [0.15, 0.2) is 0 Å². The van der Waals surface area contributed by atoms with E-state index in [-0.39, 0.29) is 0 Å². The van der Waals surface area contributed by atoms with Gasteiger partial charge in [-0.25, -0.2) is 0 Å². The van der Waals surface area contributed by atoms with E-state index < -0.39 is 0 Å². The third-order valence-corrected chi connectivity index (χ3v) is 1.49. The summed E-state index contributed by atoms with van der Waals surface area (Å²) < 4.78 is 0. The first kappa shape index (κ1) is 11.8. The number of nitrogens with zero attached hydrogens (tertiary/aromatic N) is 2. The molecule has 0 bridgehead atoms. The van der Waals surface area contributed by atoms with Gasteiger partial charge in [0, 0.05) is 25.2 Å². The quantitative estimate of drug-likeness (QED) is 0.591. The first-order chi connectivity index (χ1) is 6.22. The van der Waals surface area contributed by atoms with Gasteiger partial charge in [-0.1, -0.05) is 19.9 Å². The fourth-order valence-corrected chi connectivity index (χ4v) is 0.751. The van der Waals surface area contributed by atoms with Crippen LogP contribution in [0.5, 0.6) is 0 Å². The summed E-state index contributed by atoms with van der Waals surface area (Å²) in [5, 5.41) is 0. The van der Waals surface area contributed by atoms with Crippen molar-refractivity contribution in [3.63, 3.8) is 0 Å². The molecule has 0 saturated heterocycles. The molecule has 13 heavy (non-hydrogen) atoms. The summed E-state index contributed by atoms with van der Waals surface area (Å²) in [5.74, 6) is 0.430. The van der Waals surface area contributed by atoms with Crippen LogP contribution in [0.15, 0.2) is 33.9 Å². The smallest absolute Gasteiger partial charge is 0.0444 e. The molecule has 0 unspecified atom stereocenters. The molecular formula is C11H18N2. The van der Waals surface area contributed by atoms with Crippen LogP contribution in [0.1, 0.15) is 20.8 Å². The highest BCUT2D eigenvalue weighted by molar-refractivity contribution is 5.75. The highest BCUT2D eigenvalue weighted by atomic mass is 14.7. The topological polar surface area (TPSA) is 24.7 Å². The number of allylic oxidation sites excluding steroid dienone is 4. The maximum absolute atomic E-state index is 4.31. The molecular weight excluding hydrogens is 160 g/mol. The molecule has 0 aromatic heterocycles. The van der Waals surface area contributed by atoms with E-state index in [4.69, 9.17) is 0 Å². The normalized spacial score (nSPS) is 14.4. The van der Waals surface area contributed by atoms with Crippen LogP contribution < -0.4 is 0 Å². The average molecular weight is 178 g/mol. The van der Waals surface area contributed by atoms with Crippen LogP contribution in [0.3, 0.4) is 0 Å². The van der Waals surface area contributed by atoms with Crippen LogP contribution in [0.4, 0.5) is 0 Å². The fourth-order valence-electron chi connectivity index (χ4n) is 0.751. The van der Waals surface area contributed by atoms with E-state index in [1.54, 1.807) is 19.5 Å². The predicted molar refractivity (Wildman–Crippen MR) is 60.6 cm³/mol. The first-order valence-electron chi connectivity index (χ1n) is 4.50. The SMILES string of the molecule is C/C=C/C=N/C(=C\C=NC)C(C)C. The molecule has 72 valence electrons. The van der Waals surface area contributed by atoms with Gasteiger partial charge >= 0.3 is 0 Å². The van der Waals surface area contributed by atoms with Crippen LogP contribution >= 0.6 is 0 Å². The molecule has 0 radical (unpaired) electrons. The Hall–Kier alpha value is -1.18. The van der Waals surface area contributed by atoms with Crippen molar-refractivity contribution in [2.45, 2.75) is 20.8 Å². The third-order valence-electron chi connectivity index (χ3n) is 1.49. The van der Waals surface area contributed by atoms with Gasteiger partial charge in [-0.15, -0.1) is 0 Å². The molecule has 0 N–H and O–H groups in total. The van der Waals surface area contributed by atoms with E-state index in [1.165, 1.54) is 0 Å².